The van der Waals surface area contributed by atoms with Crippen molar-refractivity contribution in [3.63, 3.8) is 0 Å². The molecule has 1 amide bonds. The summed E-state index contributed by atoms with van der Waals surface area (Å²) < 4.78 is 13.0. The van der Waals surface area contributed by atoms with E-state index in [1.54, 1.807) is 18.3 Å². The van der Waals surface area contributed by atoms with E-state index in [0.717, 1.165) is 17.3 Å². The van der Waals surface area contributed by atoms with Crippen molar-refractivity contribution >= 4 is 23.2 Å². The Kier molecular flexibility index (Phi) is 3.89. The molecule has 3 aromatic rings. The van der Waals surface area contributed by atoms with Gasteiger partial charge in [-0.05, 0) is 42.0 Å². The Morgan fingerprint density at radius 2 is 1.91 bits per heavy atom. The molecule has 6 heteroatoms. The summed E-state index contributed by atoms with van der Waals surface area (Å²) in [5, 5.41) is 9.54. The molecule has 0 aliphatic heterocycles. The van der Waals surface area contributed by atoms with Gasteiger partial charge in [-0.25, -0.2) is 4.39 Å². The Morgan fingerprint density at radius 1 is 1.14 bits per heavy atom. The van der Waals surface area contributed by atoms with Crippen LogP contribution in [-0.2, 0) is 0 Å². The number of amides is 1. The van der Waals surface area contributed by atoms with E-state index in [1.165, 1.54) is 12.1 Å². The van der Waals surface area contributed by atoms with Gasteiger partial charge in [0, 0.05) is 11.9 Å². The highest BCUT2D eigenvalue weighted by Gasteiger charge is 2.11. The van der Waals surface area contributed by atoms with Gasteiger partial charge in [-0.3, -0.25) is 9.89 Å². The van der Waals surface area contributed by atoms with Crippen LogP contribution in [0.2, 0.25) is 5.02 Å². The zero-order valence-corrected chi connectivity index (χ0v) is 12.1. The van der Waals surface area contributed by atoms with Crippen LogP contribution in [-0.4, -0.2) is 16.1 Å². The standard InChI is InChI=1S/C16H11ClFN3O/c17-14-9-11(18)3-6-13(14)16(22)20-12-4-1-10(2-5-12)15-7-8-19-21-15/h1-9H,(H,19,21)(H,20,22). The van der Waals surface area contributed by atoms with Crippen LogP contribution in [0.15, 0.2) is 54.7 Å². The number of hydrogen-bond donors (Lipinski definition) is 2. The van der Waals surface area contributed by atoms with E-state index in [-0.39, 0.29) is 16.5 Å². The molecule has 0 unspecified atom stereocenters. The first-order valence-corrected chi connectivity index (χ1v) is 6.87. The Labute approximate surface area is 130 Å². The van der Waals surface area contributed by atoms with Crippen LogP contribution in [0.1, 0.15) is 10.4 Å². The molecule has 2 N–H and O–H groups in total. The van der Waals surface area contributed by atoms with Gasteiger partial charge in [0.15, 0.2) is 0 Å². The number of hydrogen-bond acceptors (Lipinski definition) is 2. The fourth-order valence-electron chi connectivity index (χ4n) is 2.02. The molecule has 0 spiro atoms. The van der Waals surface area contributed by atoms with E-state index in [0.29, 0.717) is 5.69 Å². The van der Waals surface area contributed by atoms with Gasteiger partial charge in [-0.1, -0.05) is 23.7 Å². The monoisotopic (exact) mass is 315 g/mol. The molecule has 22 heavy (non-hydrogen) atoms. The largest absolute Gasteiger partial charge is 0.322 e. The summed E-state index contributed by atoms with van der Waals surface area (Å²) in [5.74, 6) is -0.871. The lowest BCUT2D eigenvalue weighted by Crippen LogP contribution is -2.12. The first-order valence-electron chi connectivity index (χ1n) is 6.50. The maximum absolute atomic E-state index is 13.0. The molecule has 0 fully saturated rings. The van der Waals surface area contributed by atoms with E-state index in [4.69, 9.17) is 11.6 Å². The third-order valence-corrected chi connectivity index (χ3v) is 3.44. The minimum absolute atomic E-state index is 0.0755. The van der Waals surface area contributed by atoms with Crippen LogP contribution >= 0.6 is 11.6 Å². The minimum atomic E-state index is -0.481. The van der Waals surface area contributed by atoms with E-state index in [1.807, 2.05) is 18.2 Å². The lowest BCUT2D eigenvalue weighted by molar-refractivity contribution is 0.102. The third-order valence-electron chi connectivity index (χ3n) is 3.13. The molecular weight excluding hydrogens is 305 g/mol. The summed E-state index contributed by atoms with van der Waals surface area (Å²) in [6, 6.07) is 12.8. The maximum Gasteiger partial charge on any atom is 0.257 e. The summed E-state index contributed by atoms with van der Waals surface area (Å²) in [5.41, 5.74) is 2.68. The highest BCUT2D eigenvalue weighted by molar-refractivity contribution is 6.34. The summed E-state index contributed by atoms with van der Waals surface area (Å²) >= 11 is 5.87. The van der Waals surface area contributed by atoms with Crippen molar-refractivity contribution in [1.29, 1.82) is 0 Å². The lowest BCUT2D eigenvalue weighted by atomic mass is 10.1. The predicted molar refractivity (Wildman–Crippen MR) is 83.4 cm³/mol. The molecular formula is C16H11ClFN3O. The number of carbonyl (C=O) groups excluding carboxylic acids is 1. The number of benzene rings is 2. The van der Waals surface area contributed by atoms with Crippen molar-refractivity contribution in [3.8, 4) is 11.3 Å². The third kappa shape index (κ3) is 2.99. The van der Waals surface area contributed by atoms with Crippen molar-refractivity contribution in [3.05, 3.63) is 71.1 Å². The van der Waals surface area contributed by atoms with Crippen LogP contribution in [0, 0.1) is 5.82 Å². The van der Waals surface area contributed by atoms with E-state index >= 15 is 0 Å². The number of aromatic amines is 1. The van der Waals surface area contributed by atoms with E-state index < -0.39 is 5.82 Å². The first kappa shape index (κ1) is 14.3. The van der Waals surface area contributed by atoms with Gasteiger partial charge in [0.2, 0.25) is 0 Å². The van der Waals surface area contributed by atoms with Gasteiger partial charge in [-0.2, -0.15) is 5.10 Å². The quantitative estimate of drug-likeness (QED) is 0.763. The van der Waals surface area contributed by atoms with Crippen molar-refractivity contribution in [2.45, 2.75) is 0 Å². The Morgan fingerprint density at radius 3 is 2.55 bits per heavy atom. The molecule has 0 radical (unpaired) electrons. The highest BCUT2D eigenvalue weighted by atomic mass is 35.5. The summed E-state index contributed by atoms with van der Waals surface area (Å²) in [4.78, 5) is 12.1. The molecule has 2 aromatic carbocycles. The average molecular weight is 316 g/mol. The van der Waals surface area contributed by atoms with E-state index in [2.05, 4.69) is 15.5 Å². The van der Waals surface area contributed by atoms with Crippen LogP contribution in [0.3, 0.4) is 0 Å². The van der Waals surface area contributed by atoms with Crippen molar-refractivity contribution < 1.29 is 9.18 Å². The van der Waals surface area contributed by atoms with E-state index in [9.17, 15) is 9.18 Å². The first-order chi connectivity index (χ1) is 10.6. The van der Waals surface area contributed by atoms with Crippen LogP contribution < -0.4 is 5.32 Å². The maximum atomic E-state index is 13.0. The second-order valence-electron chi connectivity index (χ2n) is 4.63. The Bertz CT molecular complexity index is 801. The highest BCUT2D eigenvalue weighted by Crippen LogP contribution is 2.21. The molecule has 110 valence electrons. The molecule has 0 aliphatic rings. The second-order valence-corrected chi connectivity index (χ2v) is 5.03. The predicted octanol–water partition coefficient (Wildman–Crippen LogP) is 4.12. The zero-order valence-electron chi connectivity index (χ0n) is 11.3. The Hall–Kier alpha value is -2.66. The topological polar surface area (TPSA) is 57.8 Å². The molecule has 3 rings (SSSR count). The Balaban J connectivity index is 1.77. The van der Waals surface area contributed by atoms with Crippen molar-refractivity contribution in [1.82, 2.24) is 10.2 Å². The van der Waals surface area contributed by atoms with Gasteiger partial charge >= 0.3 is 0 Å². The van der Waals surface area contributed by atoms with Crippen LogP contribution in [0.5, 0.6) is 0 Å². The number of halogens is 2. The number of nitrogens with one attached hydrogen (secondary N) is 2. The number of aromatic nitrogens is 2. The van der Waals surface area contributed by atoms with Gasteiger partial charge < -0.3 is 5.32 Å². The van der Waals surface area contributed by atoms with Crippen LogP contribution in [0.4, 0.5) is 10.1 Å². The number of nitrogens with zero attached hydrogens (tertiary/aromatic N) is 1. The van der Waals surface area contributed by atoms with Crippen molar-refractivity contribution in [2.75, 3.05) is 5.32 Å². The molecule has 1 aromatic heterocycles. The average Bonchev–Trinajstić information content (AvgIpc) is 3.02. The minimum Gasteiger partial charge on any atom is -0.322 e. The van der Waals surface area contributed by atoms with Gasteiger partial charge in [0.1, 0.15) is 5.82 Å². The molecule has 4 nitrogen and oxygen atoms in total. The van der Waals surface area contributed by atoms with Gasteiger partial charge in [-0.15, -0.1) is 0 Å². The van der Waals surface area contributed by atoms with Crippen LogP contribution in [0.25, 0.3) is 11.3 Å². The number of rotatable bonds is 3. The summed E-state index contributed by atoms with van der Waals surface area (Å²) in [6.07, 6.45) is 1.67. The summed E-state index contributed by atoms with van der Waals surface area (Å²) in [6.45, 7) is 0. The second kappa shape index (κ2) is 5.99. The molecule has 0 atom stereocenters. The SMILES string of the molecule is O=C(Nc1ccc(-c2ccn[nH]2)cc1)c1ccc(F)cc1Cl. The van der Waals surface area contributed by atoms with Crippen molar-refractivity contribution in [2.24, 2.45) is 0 Å². The molecule has 0 bridgehead atoms. The molecule has 0 saturated carbocycles. The molecule has 0 aliphatic carbocycles. The number of carbonyl (C=O) groups is 1. The zero-order chi connectivity index (χ0) is 15.5. The summed E-state index contributed by atoms with van der Waals surface area (Å²) in [7, 11) is 0. The normalized spacial score (nSPS) is 10.5. The van der Waals surface area contributed by atoms with Gasteiger partial charge in [0.05, 0.1) is 16.3 Å². The van der Waals surface area contributed by atoms with Gasteiger partial charge in [0.25, 0.3) is 5.91 Å². The smallest absolute Gasteiger partial charge is 0.257 e. The molecule has 0 saturated heterocycles. The fraction of sp³-hybridized carbons (Fsp3) is 0. The fourth-order valence-corrected chi connectivity index (χ4v) is 2.27. The number of anilines is 1. The molecule has 1 heterocycles. The lowest BCUT2D eigenvalue weighted by Gasteiger charge is -2.07. The number of H-pyrrole nitrogens is 1.